The molecule has 0 spiro atoms. The van der Waals surface area contributed by atoms with Gasteiger partial charge in [-0.2, -0.15) is 0 Å². The van der Waals surface area contributed by atoms with Gasteiger partial charge in [-0.1, -0.05) is 121 Å². The van der Waals surface area contributed by atoms with Crippen LogP contribution in [0.4, 0.5) is 0 Å². The topological polar surface area (TPSA) is 36.9 Å². The zero-order valence-electron chi connectivity index (χ0n) is 24.7. The van der Waals surface area contributed by atoms with Crippen LogP contribution in [0.2, 0.25) is 0 Å². The molecular weight excluding hydrogens is 594 g/mol. The van der Waals surface area contributed by atoms with Crippen molar-refractivity contribution in [3.63, 3.8) is 0 Å². The van der Waals surface area contributed by atoms with E-state index < -0.39 is 22.1 Å². The molecule has 4 nitrogen and oxygen atoms in total. The molecule has 2 heterocycles. The third-order valence-electron chi connectivity index (χ3n) is 7.98. The van der Waals surface area contributed by atoms with Gasteiger partial charge in [0.05, 0.1) is 0 Å². The van der Waals surface area contributed by atoms with Gasteiger partial charge in [0.15, 0.2) is 23.0 Å². The van der Waals surface area contributed by atoms with Crippen LogP contribution in [0.25, 0.3) is 11.1 Å². The second-order valence-corrected chi connectivity index (χ2v) is 15.2. The number of hydrogen-bond donors (Lipinski definition) is 0. The van der Waals surface area contributed by atoms with Crippen LogP contribution < -0.4 is 50.8 Å². The Morgan fingerprint density at radius 3 is 1.33 bits per heavy atom. The summed E-state index contributed by atoms with van der Waals surface area (Å²) in [5, 5.41) is 7.39. The first-order valence-corrected chi connectivity index (χ1v) is 17.7. The zero-order valence-corrected chi connectivity index (χ0v) is 26.5. The minimum atomic E-state index is -0.983. The van der Waals surface area contributed by atoms with Crippen molar-refractivity contribution in [2.45, 2.75) is 13.2 Å². The molecule has 0 bridgehead atoms. The number of fused-ring (bicyclic) bond motifs is 2. The molecule has 0 radical (unpaired) electrons. The van der Waals surface area contributed by atoms with Crippen molar-refractivity contribution in [1.29, 1.82) is 0 Å². The van der Waals surface area contributed by atoms with Crippen LogP contribution in [0.5, 0.6) is 23.0 Å². The highest BCUT2D eigenvalue weighted by Crippen LogP contribution is 2.53. The van der Waals surface area contributed by atoms with E-state index in [9.17, 15) is 0 Å². The first-order valence-electron chi connectivity index (χ1n) is 15.0. The van der Waals surface area contributed by atoms with Gasteiger partial charge in [-0.05, 0) is 71.9 Å². The normalized spacial score (nSPS) is 14.7. The van der Waals surface area contributed by atoms with Gasteiger partial charge in [-0.15, -0.1) is 0 Å². The maximum atomic E-state index is 6.56. The van der Waals surface area contributed by atoms with Crippen LogP contribution >= 0.6 is 15.8 Å². The molecule has 0 saturated carbocycles. The average molecular weight is 625 g/mol. The lowest BCUT2D eigenvalue weighted by atomic mass is 10.0. The molecule has 2 aliphatic heterocycles. The summed E-state index contributed by atoms with van der Waals surface area (Å²) in [5.74, 6) is 2.98. The quantitative estimate of drug-likeness (QED) is 0.185. The summed E-state index contributed by atoms with van der Waals surface area (Å²) in [6.45, 7) is 2.11. The van der Waals surface area contributed by atoms with Gasteiger partial charge in [0.2, 0.25) is 13.1 Å². The smallest absolute Gasteiger partial charge is 0.238 e. The maximum absolute atomic E-state index is 6.56. The van der Waals surface area contributed by atoms with E-state index in [4.69, 9.17) is 18.9 Å². The lowest BCUT2D eigenvalue weighted by Gasteiger charge is -2.27. The van der Waals surface area contributed by atoms with Gasteiger partial charge in [0, 0.05) is 18.1 Å². The number of hydrogen-bond acceptors (Lipinski definition) is 4. The van der Waals surface area contributed by atoms with Crippen molar-refractivity contribution in [2.75, 3.05) is 6.79 Å². The van der Waals surface area contributed by atoms with Crippen LogP contribution in [0, 0.1) is 0 Å². The second kappa shape index (κ2) is 12.1. The molecule has 0 amide bonds. The van der Waals surface area contributed by atoms with Crippen molar-refractivity contribution in [2.24, 2.45) is 0 Å². The summed E-state index contributed by atoms with van der Waals surface area (Å²) >= 11 is 0. The van der Waals surface area contributed by atoms with Crippen molar-refractivity contribution in [3.05, 3.63) is 146 Å². The Kier molecular flexibility index (Phi) is 7.47. The standard InChI is InChI=1S/C39H30O4P2/c1-27-42-33-23-25-35(45(30-18-10-4-11-19-30)31-20-12-5-13-21-31)37(39(33)43-27)36-34(24-22-32-38(36)41-26-40-32)44(28-14-6-2-7-15-28)29-16-8-3-9-17-29/h2-25,27H,26H2,1H3. The van der Waals surface area contributed by atoms with E-state index in [0.29, 0.717) is 0 Å². The minimum Gasteiger partial charge on any atom is -0.454 e. The summed E-state index contributed by atoms with van der Waals surface area (Å²) in [6, 6.07) is 51.7. The Bertz CT molecular complexity index is 1870. The monoisotopic (exact) mass is 624 g/mol. The highest BCUT2D eigenvalue weighted by Gasteiger charge is 2.36. The van der Waals surface area contributed by atoms with Crippen molar-refractivity contribution >= 4 is 47.7 Å². The van der Waals surface area contributed by atoms with Crippen LogP contribution in [0.15, 0.2) is 146 Å². The Labute approximate surface area is 265 Å². The number of rotatable bonds is 7. The first kappa shape index (κ1) is 27.9. The molecule has 6 aromatic carbocycles. The molecule has 220 valence electrons. The largest absolute Gasteiger partial charge is 0.454 e. The zero-order chi connectivity index (χ0) is 30.2. The summed E-state index contributed by atoms with van der Waals surface area (Å²) < 4.78 is 25.2. The molecule has 0 aliphatic carbocycles. The van der Waals surface area contributed by atoms with E-state index in [-0.39, 0.29) is 6.79 Å². The molecule has 8 rings (SSSR count). The van der Waals surface area contributed by atoms with Gasteiger partial charge in [0.25, 0.3) is 0 Å². The molecule has 0 fully saturated rings. The predicted octanol–water partition coefficient (Wildman–Crippen LogP) is 6.72. The molecule has 6 heteroatoms. The van der Waals surface area contributed by atoms with E-state index in [0.717, 1.165) is 34.1 Å². The van der Waals surface area contributed by atoms with E-state index in [1.165, 1.54) is 31.8 Å². The Balaban J connectivity index is 1.47. The molecule has 45 heavy (non-hydrogen) atoms. The second-order valence-electron chi connectivity index (χ2n) is 10.8. The highest BCUT2D eigenvalue weighted by molar-refractivity contribution is 7.80. The van der Waals surface area contributed by atoms with Crippen LogP contribution in [-0.4, -0.2) is 13.1 Å². The molecule has 1 atom stereocenters. The predicted molar refractivity (Wildman–Crippen MR) is 186 cm³/mol. The fourth-order valence-electron chi connectivity index (χ4n) is 6.11. The molecule has 0 N–H and O–H groups in total. The van der Waals surface area contributed by atoms with E-state index >= 15 is 0 Å². The molecule has 0 saturated heterocycles. The van der Waals surface area contributed by atoms with Crippen molar-refractivity contribution < 1.29 is 18.9 Å². The van der Waals surface area contributed by atoms with Gasteiger partial charge in [-0.3, -0.25) is 0 Å². The molecule has 0 aromatic heterocycles. The van der Waals surface area contributed by atoms with E-state index in [1.54, 1.807) is 0 Å². The highest BCUT2D eigenvalue weighted by atomic mass is 31.1. The third kappa shape index (κ3) is 5.15. The van der Waals surface area contributed by atoms with Gasteiger partial charge >= 0.3 is 0 Å². The fraction of sp³-hybridized carbons (Fsp3) is 0.0769. The van der Waals surface area contributed by atoms with Gasteiger partial charge in [0.1, 0.15) is 0 Å². The molecule has 1 unspecified atom stereocenters. The summed E-state index contributed by atoms with van der Waals surface area (Å²) in [4.78, 5) is 0. The number of benzene rings is 6. The van der Waals surface area contributed by atoms with Crippen LogP contribution in [0.1, 0.15) is 6.92 Å². The fourth-order valence-corrected chi connectivity index (χ4v) is 11.0. The van der Waals surface area contributed by atoms with Crippen LogP contribution in [-0.2, 0) is 0 Å². The summed E-state index contributed by atoms with van der Waals surface area (Å²) in [6.07, 6.45) is -0.407. The van der Waals surface area contributed by atoms with Crippen LogP contribution in [0.3, 0.4) is 0 Å². The summed E-state index contributed by atoms with van der Waals surface area (Å²) in [5.41, 5.74) is 2.01. The lowest BCUT2D eigenvalue weighted by molar-refractivity contribution is 0.0681. The Hall–Kier alpha value is -4.62. The number of ether oxygens (including phenoxy) is 4. The van der Waals surface area contributed by atoms with E-state index in [1.807, 2.05) is 6.92 Å². The lowest BCUT2D eigenvalue weighted by Crippen LogP contribution is -2.26. The Morgan fingerprint density at radius 2 is 0.867 bits per heavy atom. The van der Waals surface area contributed by atoms with Crippen molar-refractivity contribution in [1.82, 2.24) is 0 Å². The minimum absolute atomic E-state index is 0.171. The maximum Gasteiger partial charge on any atom is 0.238 e. The summed E-state index contributed by atoms with van der Waals surface area (Å²) in [7, 11) is -1.96. The Morgan fingerprint density at radius 1 is 0.444 bits per heavy atom. The van der Waals surface area contributed by atoms with E-state index in [2.05, 4.69) is 146 Å². The average Bonchev–Trinajstić information content (AvgIpc) is 3.73. The molecule has 6 aromatic rings. The molecular formula is C39H30O4P2. The molecule has 2 aliphatic rings. The third-order valence-corrected chi connectivity index (χ3v) is 13.0. The van der Waals surface area contributed by atoms with Gasteiger partial charge in [-0.25, -0.2) is 0 Å². The first-order chi connectivity index (χ1) is 22.3. The SMILES string of the molecule is CC1Oc2ccc(P(c3ccccc3)c3ccccc3)c(-c3c(P(c4ccccc4)c4ccccc4)ccc4c3OCO4)c2O1. The van der Waals surface area contributed by atoms with Gasteiger partial charge < -0.3 is 18.9 Å². The van der Waals surface area contributed by atoms with Crippen molar-refractivity contribution in [3.8, 4) is 34.1 Å².